The molecule has 0 spiro atoms. The average Bonchev–Trinajstić information content (AvgIpc) is 2.70. The highest BCUT2D eigenvalue weighted by atomic mass is 32.2. The van der Waals surface area contributed by atoms with Crippen LogP contribution in [0.3, 0.4) is 0 Å². The summed E-state index contributed by atoms with van der Waals surface area (Å²) in [6, 6.07) is 1.64. The molecule has 0 saturated heterocycles. The van der Waals surface area contributed by atoms with Gasteiger partial charge in [-0.25, -0.2) is 8.42 Å². The van der Waals surface area contributed by atoms with Crippen molar-refractivity contribution in [2.75, 3.05) is 25.4 Å². The molecule has 0 amide bonds. The molecule has 0 aliphatic carbocycles. The Morgan fingerprint density at radius 1 is 1.41 bits per heavy atom. The SMILES string of the molecule is CN(C)/C=C1\C(=O)c2sccc2N(C)S1(=O)=O. The number of anilines is 1. The van der Waals surface area contributed by atoms with Crippen LogP contribution >= 0.6 is 11.3 Å². The molecule has 92 valence electrons. The molecule has 0 radical (unpaired) electrons. The third kappa shape index (κ3) is 1.75. The Labute approximate surface area is 104 Å². The van der Waals surface area contributed by atoms with Crippen molar-refractivity contribution in [3.63, 3.8) is 0 Å². The van der Waals surface area contributed by atoms with E-state index in [1.54, 1.807) is 30.4 Å². The van der Waals surface area contributed by atoms with E-state index in [1.807, 2.05) is 0 Å². The molecule has 1 aliphatic heterocycles. The minimum absolute atomic E-state index is 0.181. The van der Waals surface area contributed by atoms with Gasteiger partial charge in [-0.05, 0) is 11.4 Å². The number of Topliss-reactive ketones (excluding diaryl/α,β-unsaturated/α-hetero) is 1. The number of carbonyl (C=O) groups excluding carboxylic acids is 1. The van der Waals surface area contributed by atoms with Crippen molar-refractivity contribution in [2.24, 2.45) is 0 Å². The molecule has 5 nitrogen and oxygen atoms in total. The fourth-order valence-electron chi connectivity index (χ4n) is 1.59. The van der Waals surface area contributed by atoms with Crippen LogP contribution in [0.1, 0.15) is 9.67 Å². The monoisotopic (exact) mass is 272 g/mol. The molecule has 0 atom stereocenters. The van der Waals surface area contributed by atoms with Crippen LogP contribution in [0.5, 0.6) is 0 Å². The van der Waals surface area contributed by atoms with E-state index in [2.05, 4.69) is 0 Å². The lowest BCUT2D eigenvalue weighted by Crippen LogP contribution is -2.36. The van der Waals surface area contributed by atoms with Crippen LogP contribution in [0.15, 0.2) is 22.6 Å². The third-order valence-electron chi connectivity index (χ3n) is 2.43. The van der Waals surface area contributed by atoms with Gasteiger partial charge in [-0.3, -0.25) is 9.10 Å². The molecule has 0 saturated carbocycles. The largest absolute Gasteiger partial charge is 0.382 e. The second kappa shape index (κ2) is 3.85. The number of hydrogen-bond acceptors (Lipinski definition) is 5. The summed E-state index contributed by atoms with van der Waals surface area (Å²) in [6.07, 6.45) is 1.34. The maximum atomic E-state index is 12.1. The first kappa shape index (κ1) is 12.1. The second-order valence-corrected chi connectivity index (χ2v) is 6.75. The van der Waals surface area contributed by atoms with Crippen LogP contribution in [0.25, 0.3) is 0 Å². The first-order valence-corrected chi connectivity index (χ1v) is 7.17. The van der Waals surface area contributed by atoms with Gasteiger partial charge in [0.15, 0.2) is 4.91 Å². The molecule has 1 aromatic heterocycles. The maximum Gasteiger partial charge on any atom is 0.269 e. The minimum atomic E-state index is -3.72. The van der Waals surface area contributed by atoms with Gasteiger partial charge in [-0.2, -0.15) is 0 Å². The van der Waals surface area contributed by atoms with Gasteiger partial charge in [0.25, 0.3) is 10.0 Å². The van der Waals surface area contributed by atoms with Crippen molar-refractivity contribution >= 4 is 32.8 Å². The van der Waals surface area contributed by atoms with Crippen LogP contribution in [0.2, 0.25) is 0 Å². The Morgan fingerprint density at radius 2 is 2.06 bits per heavy atom. The number of rotatable bonds is 1. The lowest BCUT2D eigenvalue weighted by Gasteiger charge is -2.26. The van der Waals surface area contributed by atoms with E-state index in [0.29, 0.717) is 10.6 Å². The fourth-order valence-corrected chi connectivity index (χ4v) is 3.97. The Hall–Kier alpha value is -1.34. The van der Waals surface area contributed by atoms with Gasteiger partial charge in [0, 0.05) is 27.3 Å². The standard InChI is InChI=1S/C10H12N2O3S2/c1-11(2)6-8-9(13)10-7(4-5-16-10)12(3)17(8,14)15/h4-6H,1-3H3/b8-6+. The molecule has 7 heteroatoms. The summed E-state index contributed by atoms with van der Waals surface area (Å²) in [5, 5.41) is 1.72. The topological polar surface area (TPSA) is 57.7 Å². The van der Waals surface area contributed by atoms with E-state index in [1.165, 1.54) is 24.6 Å². The smallest absolute Gasteiger partial charge is 0.269 e. The van der Waals surface area contributed by atoms with E-state index in [-0.39, 0.29) is 4.91 Å². The van der Waals surface area contributed by atoms with Crippen LogP contribution in [0.4, 0.5) is 5.69 Å². The molecule has 0 bridgehead atoms. The first-order valence-electron chi connectivity index (χ1n) is 4.85. The number of sulfonamides is 1. The van der Waals surface area contributed by atoms with Crippen molar-refractivity contribution in [2.45, 2.75) is 0 Å². The van der Waals surface area contributed by atoms with E-state index in [4.69, 9.17) is 0 Å². The molecule has 0 N–H and O–H groups in total. The molecular weight excluding hydrogens is 260 g/mol. The van der Waals surface area contributed by atoms with Gasteiger partial charge < -0.3 is 4.90 Å². The Bertz CT molecular complexity index is 599. The molecule has 1 aliphatic rings. The van der Waals surface area contributed by atoms with Crippen molar-refractivity contribution in [3.05, 3.63) is 27.4 Å². The molecule has 0 unspecified atom stereocenters. The zero-order chi connectivity index (χ0) is 12.8. The van der Waals surface area contributed by atoms with Crippen LogP contribution in [-0.2, 0) is 10.0 Å². The molecule has 2 rings (SSSR count). The lowest BCUT2D eigenvalue weighted by molar-refractivity contribution is 0.104. The summed E-state index contributed by atoms with van der Waals surface area (Å²) in [5.41, 5.74) is 0.455. The Kier molecular flexibility index (Phi) is 2.75. The summed E-state index contributed by atoms with van der Waals surface area (Å²) in [6.45, 7) is 0. The predicted molar refractivity (Wildman–Crippen MR) is 67.7 cm³/mol. The number of fused-ring (bicyclic) bond motifs is 1. The number of hydrogen-bond donors (Lipinski definition) is 0. The number of ketones is 1. The summed E-state index contributed by atoms with van der Waals surface area (Å²) >= 11 is 1.25. The molecule has 0 fully saturated rings. The van der Waals surface area contributed by atoms with Gasteiger partial charge in [-0.15, -0.1) is 11.3 Å². The zero-order valence-corrected chi connectivity index (χ0v) is 11.3. The van der Waals surface area contributed by atoms with Gasteiger partial charge in [0.05, 0.1) is 5.69 Å². The van der Waals surface area contributed by atoms with Gasteiger partial charge in [0.1, 0.15) is 4.88 Å². The van der Waals surface area contributed by atoms with Gasteiger partial charge in [0.2, 0.25) is 5.78 Å². The molecular formula is C10H12N2O3S2. The number of thiophene rings is 1. The van der Waals surface area contributed by atoms with E-state index in [0.717, 1.165) is 4.31 Å². The van der Waals surface area contributed by atoms with Gasteiger partial charge in [-0.1, -0.05) is 0 Å². The summed E-state index contributed by atoms with van der Waals surface area (Å²) in [5.74, 6) is -0.429. The second-order valence-electron chi connectivity index (χ2n) is 3.89. The molecule has 0 aromatic carbocycles. The van der Waals surface area contributed by atoms with Crippen LogP contribution in [-0.4, -0.2) is 40.2 Å². The highest BCUT2D eigenvalue weighted by molar-refractivity contribution is 7.97. The van der Waals surface area contributed by atoms with Crippen LogP contribution in [0, 0.1) is 0 Å². The minimum Gasteiger partial charge on any atom is -0.382 e. The quantitative estimate of drug-likeness (QED) is 0.719. The predicted octanol–water partition coefficient (Wildman–Crippen LogP) is 1.11. The average molecular weight is 272 g/mol. The van der Waals surface area contributed by atoms with Crippen molar-refractivity contribution < 1.29 is 13.2 Å². The third-order valence-corrected chi connectivity index (χ3v) is 5.09. The van der Waals surface area contributed by atoms with Crippen LogP contribution < -0.4 is 4.31 Å². The molecule has 1 aromatic rings. The normalized spacial score (nSPS) is 20.5. The summed E-state index contributed by atoms with van der Waals surface area (Å²) < 4.78 is 25.4. The summed E-state index contributed by atoms with van der Waals surface area (Å²) in [7, 11) is 1.10. The van der Waals surface area contributed by atoms with Gasteiger partial charge >= 0.3 is 0 Å². The fraction of sp³-hybridized carbons (Fsp3) is 0.300. The van der Waals surface area contributed by atoms with E-state index in [9.17, 15) is 13.2 Å². The maximum absolute atomic E-state index is 12.1. The number of nitrogens with zero attached hydrogens (tertiary/aromatic N) is 2. The van der Waals surface area contributed by atoms with Crippen molar-refractivity contribution in [3.8, 4) is 0 Å². The van der Waals surface area contributed by atoms with E-state index >= 15 is 0 Å². The highest BCUT2D eigenvalue weighted by Gasteiger charge is 2.39. The van der Waals surface area contributed by atoms with Crippen molar-refractivity contribution in [1.82, 2.24) is 4.90 Å². The number of carbonyl (C=O) groups is 1. The Balaban J connectivity index is 2.70. The van der Waals surface area contributed by atoms with Crippen molar-refractivity contribution in [1.29, 1.82) is 0 Å². The zero-order valence-electron chi connectivity index (χ0n) is 9.67. The number of allylic oxidation sites excluding steroid dienone is 1. The molecule has 17 heavy (non-hydrogen) atoms. The first-order chi connectivity index (χ1) is 7.85. The molecule has 2 heterocycles. The van der Waals surface area contributed by atoms with E-state index < -0.39 is 15.8 Å². The summed E-state index contributed by atoms with van der Waals surface area (Å²) in [4.78, 5) is 13.9. The lowest BCUT2D eigenvalue weighted by atomic mass is 10.2. The highest BCUT2D eigenvalue weighted by Crippen LogP contribution is 2.37. The Morgan fingerprint density at radius 3 is 2.65 bits per heavy atom.